The fraction of sp³-hybridized carbons (Fsp3) is 0.357. The second-order valence-corrected chi connectivity index (χ2v) is 4.73. The third kappa shape index (κ3) is 2.92. The normalized spacial score (nSPS) is 10.8. The summed E-state index contributed by atoms with van der Waals surface area (Å²) in [5, 5.41) is 4.16. The molecule has 0 radical (unpaired) electrons. The molecule has 3 nitrogen and oxygen atoms in total. The maximum absolute atomic E-state index is 6.09. The van der Waals surface area contributed by atoms with Crippen molar-refractivity contribution in [2.75, 3.05) is 6.54 Å². The van der Waals surface area contributed by atoms with Gasteiger partial charge in [0.05, 0.1) is 5.69 Å². The number of rotatable bonds is 5. The van der Waals surface area contributed by atoms with Gasteiger partial charge in [0.25, 0.3) is 0 Å². The highest BCUT2D eigenvalue weighted by molar-refractivity contribution is 6.30. The second kappa shape index (κ2) is 6.03. The zero-order valence-corrected chi connectivity index (χ0v) is 11.5. The first-order valence-electron chi connectivity index (χ1n) is 6.22. The molecule has 0 spiro atoms. The predicted octanol–water partition coefficient (Wildman–Crippen LogP) is 3.33. The summed E-state index contributed by atoms with van der Waals surface area (Å²) < 4.78 is 2.06. The maximum Gasteiger partial charge on any atom is 0.110 e. The van der Waals surface area contributed by atoms with Crippen molar-refractivity contribution >= 4 is 11.6 Å². The molecule has 0 saturated heterocycles. The van der Waals surface area contributed by atoms with Crippen LogP contribution < -0.4 is 5.32 Å². The lowest BCUT2D eigenvalue weighted by Gasteiger charge is -2.13. The number of benzene rings is 1. The summed E-state index contributed by atoms with van der Waals surface area (Å²) in [4.78, 5) is 4.26. The third-order valence-electron chi connectivity index (χ3n) is 2.87. The first kappa shape index (κ1) is 13.1. The van der Waals surface area contributed by atoms with Gasteiger partial charge in [-0.3, -0.25) is 0 Å². The van der Waals surface area contributed by atoms with E-state index >= 15 is 0 Å². The van der Waals surface area contributed by atoms with Crippen molar-refractivity contribution in [2.45, 2.75) is 26.8 Å². The highest BCUT2D eigenvalue weighted by Crippen LogP contribution is 2.21. The summed E-state index contributed by atoms with van der Waals surface area (Å²) >= 11 is 6.09. The summed E-state index contributed by atoms with van der Waals surface area (Å²) in [5.41, 5.74) is 2.33. The minimum atomic E-state index is 0.748. The van der Waals surface area contributed by atoms with E-state index in [1.54, 1.807) is 6.20 Å². The number of hydrogen-bond donors (Lipinski definition) is 1. The monoisotopic (exact) mass is 263 g/mol. The minimum Gasteiger partial charge on any atom is -0.313 e. The molecule has 0 unspecified atom stereocenters. The fourth-order valence-electron chi connectivity index (χ4n) is 1.94. The largest absolute Gasteiger partial charge is 0.313 e. The molecule has 0 atom stereocenters. The lowest BCUT2D eigenvalue weighted by molar-refractivity contribution is 0.672. The smallest absolute Gasteiger partial charge is 0.110 e. The minimum absolute atomic E-state index is 0.748. The number of nitrogens with zero attached hydrogens (tertiary/aromatic N) is 2. The second-order valence-electron chi connectivity index (χ2n) is 4.29. The number of aromatic nitrogens is 2. The molecule has 4 heteroatoms. The molecule has 0 aliphatic carbocycles. The van der Waals surface area contributed by atoms with Crippen LogP contribution in [-0.4, -0.2) is 16.1 Å². The van der Waals surface area contributed by atoms with Crippen molar-refractivity contribution in [3.05, 3.63) is 47.0 Å². The van der Waals surface area contributed by atoms with Gasteiger partial charge in [-0.2, -0.15) is 0 Å². The van der Waals surface area contributed by atoms with Crippen LogP contribution >= 0.6 is 11.6 Å². The average molecular weight is 264 g/mol. The van der Waals surface area contributed by atoms with E-state index < -0.39 is 0 Å². The molecule has 0 aliphatic rings. The van der Waals surface area contributed by atoms with Crippen LogP contribution in [0.3, 0.4) is 0 Å². The fourth-order valence-corrected chi connectivity index (χ4v) is 2.11. The van der Waals surface area contributed by atoms with E-state index in [9.17, 15) is 0 Å². The van der Waals surface area contributed by atoms with Crippen LogP contribution in [0.1, 0.15) is 24.7 Å². The Labute approximate surface area is 113 Å². The molecule has 1 heterocycles. The van der Waals surface area contributed by atoms with Crippen molar-refractivity contribution in [2.24, 2.45) is 0 Å². The summed E-state index contributed by atoms with van der Waals surface area (Å²) in [5.74, 6) is 0.967. The van der Waals surface area contributed by atoms with Crippen LogP contribution in [0.5, 0.6) is 0 Å². The Balaban J connectivity index is 2.32. The Kier molecular flexibility index (Phi) is 4.39. The van der Waals surface area contributed by atoms with Crippen LogP contribution in [0, 0.1) is 6.92 Å². The Morgan fingerprint density at radius 3 is 2.89 bits per heavy atom. The van der Waals surface area contributed by atoms with Crippen molar-refractivity contribution in [1.82, 2.24) is 14.9 Å². The molecular weight excluding hydrogens is 246 g/mol. The lowest BCUT2D eigenvalue weighted by Crippen LogP contribution is -2.15. The van der Waals surface area contributed by atoms with E-state index in [2.05, 4.69) is 27.9 Å². The Bertz CT molecular complexity index is 520. The van der Waals surface area contributed by atoms with Crippen molar-refractivity contribution in [3.63, 3.8) is 0 Å². The maximum atomic E-state index is 6.09. The van der Waals surface area contributed by atoms with Crippen molar-refractivity contribution < 1.29 is 0 Å². The van der Waals surface area contributed by atoms with Gasteiger partial charge in [-0.1, -0.05) is 24.6 Å². The van der Waals surface area contributed by atoms with Crippen LogP contribution in [0.15, 0.2) is 30.6 Å². The number of halogens is 1. The zero-order chi connectivity index (χ0) is 13.0. The van der Waals surface area contributed by atoms with Crippen molar-refractivity contribution in [3.8, 4) is 5.69 Å². The predicted molar refractivity (Wildman–Crippen MR) is 75.3 cm³/mol. The number of nitrogens with one attached hydrogen (secondary N) is 1. The average Bonchev–Trinajstić information content (AvgIpc) is 2.77. The van der Waals surface area contributed by atoms with Gasteiger partial charge in [0.2, 0.25) is 0 Å². The molecule has 2 rings (SSSR count). The van der Waals surface area contributed by atoms with E-state index in [0.717, 1.165) is 36.0 Å². The Morgan fingerprint density at radius 1 is 1.39 bits per heavy atom. The standard InChI is InChI=1S/C14H18ClN3/c1-3-6-16-10-12-4-5-13(15)9-14(12)18-8-7-17-11(18)2/h4-5,7-9,16H,3,6,10H2,1-2H3. The summed E-state index contributed by atoms with van der Waals surface area (Å²) in [7, 11) is 0. The molecule has 0 fully saturated rings. The molecule has 1 N–H and O–H groups in total. The van der Waals surface area contributed by atoms with Gasteiger partial charge in [-0.15, -0.1) is 0 Å². The summed E-state index contributed by atoms with van der Waals surface area (Å²) in [6.45, 7) is 6.02. The zero-order valence-electron chi connectivity index (χ0n) is 10.8. The van der Waals surface area contributed by atoms with E-state index in [4.69, 9.17) is 11.6 Å². The molecule has 1 aromatic carbocycles. The third-order valence-corrected chi connectivity index (χ3v) is 3.11. The Morgan fingerprint density at radius 2 is 2.22 bits per heavy atom. The number of imidazole rings is 1. The molecular formula is C14H18ClN3. The van der Waals surface area contributed by atoms with Crippen LogP contribution in [-0.2, 0) is 6.54 Å². The lowest BCUT2D eigenvalue weighted by atomic mass is 10.1. The molecule has 18 heavy (non-hydrogen) atoms. The van der Waals surface area contributed by atoms with Gasteiger partial charge >= 0.3 is 0 Å². The number of hydrogen-bond acceptors (Lipinski definition) is 2. The first-order valence-corrected chi connectivity index (χ1v) is 6.59. The molecule has 0 saturated carbocycles. The topological polar surface area (TPSA) is 29.9 Å². The van der Waals surface area contributed by atoms with Crippen LogP contribution in [0.25, 0.3) is 5.69 Å². The van der Waals surface area contributed by atoms with Crippen LogP contribution in [0.2, 0.25) is 5.02 Å². The molecule has 96 valence electrons. The molecule has 2 aromatic rings. The van der Waals surface area contributed by atoms with Gasteiger partial charge in [-0.25, -0.2) is 4.98 Å². The van der Waals surface area contributed by atoms with Gasteiger partial charge in [-0.05, 0) is 37.6 Å². The van der Waals surface area contributed by atoms with Gasteiger partial charge in [0, 0.05) is 24.0 Å². The van der Waals surface area contributed by atoms with E-state index in [1.807, 2.05) is 25.3 Å². The first-order chi connectivity index (χ1) is 8.72. The van der Waals surface area contributed by atoms with Gasteiger partial charge in [0.1, 0.15) is 5.82 Å². The van der Waals surface area contributed by atoms with Gasteiger partial charge in [0.15, 0.2) is 0 Å². The highest BCUT2D eigenvalue weighted by Gasteiger charge is 2.07. The molecule has 0 aliphatic heterocycles. The van der Waals surface area contributed by atoms with E-state index in [-0.39, 0.29) is 0 Å². The van der Waals surface area contributed by atoms with Gasteiger partial charge < -0.3 is 9.88 Å². The SMILES string of the molecule is CCCNCc1ccc(Cl)cc1-n1ccnc1C. The summed E-state index contributed by atoms with van der Waals surface area (Å²) in [6, 6.07) is 5.99. The summed E-state index contributed by atoms with van der Waals surface area (Å²) in [6.07, 6.45) is 4.90. The van der Waals surface area contributed by atoms with E-state index in [1.165, 1.54) is 5.56 Å². The molecule has 0 amide bonds. The van der Waals surface area contributed by atoms with Crippen LogP contribution in [0.4, 0.5) is 0 Å². The highest BCUT2D eigenvalue weighted by atomic mass is 35.5. The quantitative estimate of drug-likeness (QED) is 0.839. The molecule has 1 aromatic heterocycles. The van der Waals surface area contributed by atoms with E-state index in [0.29, 0.717) is 0 Å². The Hall–Kier alpha value is -1.32. The molecule has 0 bridgehead atoms. The number of aryl methyl sites for hydroxylation is 1. The van der Waals surface area contributed by atoms with Crippen molar-refractivity contribution in [1.29, 1.82) is 0 Å².